The van der Waals surface area contributed by atoms with E-state index >= 15 is 0 Å². The van der Waals surface area contributed by atoms with Crippen LogP contribution in [-0.2, 0) is 11.3 Å². The van der Waals surface area contributed by atoms with Crippen molar-refractivity contribution in [3.63, 3.8) is 0 Å². The van der Waals surface area contributed by atoms with Crippen LogP contribution in [0, 0.1) is 6.92 Å². The number of rotatable bonds is 5. The summed E-state index contributed by atoms with van der Waals surface area (Å²) in [5.41, 5.74) is 0.345. The molecular formula is C9H12N6O2S. The second-order valence-corrected chi connectivity index (χ2v) is 4.53. The first-order valence-electron chi connectivity index (χ1n) is 5.31. The molecule has 0 saturated carbocycles. The lowest BCUT2D eigenvalue weighted by Gasteiger charge is -1.98. The Kier molecular flexibility index (Phi) is 3.82. The first-order chi connectivity index (χ1) is 8.70. The zero-order valence-corrected chi connectivity index (χ0v) is 10.7. The number of carbonyl (C=O) groups excluding carboxylic acids is 1. The molecular weight excluding hydrogens is 256 g/mol. The summed E-state index contributed by atoms with van der Waals surface area (Å²) in [6, 6.07) is 0. The first kappa shape index (κ1) is 12.4. The highest BCUT2D eigenvalue weighted by molar-refractivity contribution is 7.15. The average molecular weight is 268 g/mol. The van der Waals surface area contributed by atoms with Gasteiger partial charge in [0.1, 0.15) is 0 Å². The molecule has 8 nitrogen and oxygen atoms in total. The summed E-state index contributed by atoms with van der Waals surface area (Å²) in [5.74, 6) is 0.124. The van der Waals surface area contributed by atoms with Gasteiger partial charge in [0.05, 0.1) is 13.2 Å². The predicted octanol–water partition coefficient (Wildman–Crippen LogP) is 0.753. The number of aryl methyl sites for hydroxylation is 1. The van der Waals surface area contributed by atoms with Gasteiger partial charge in [-0.15, -0.1) is 21.5 Å². The fourth-order valence-electron chi connectivity index (χ4n) is 1.27. The molecule has 0 spiro atoms. The minimum atomic E-state index is -0.404. The summed E-state index contributed by atoms with van der Waals surface area (Å²) < 4.78 is 4.91. The van der Waals surface area contributed by atoms with Crippen LogP contribution in [0.4, 0.5) is 5.13 Å². The third-order valence-electron chi connectivity index (χ3n) is 2.05. The molecule has 18 heavy (non-hydrogen) atoms. The van der Waals surface area contributed by atoms with Crippen LogP contribution < -0.4 is 5.32 Å². The van der Waals surface area contributed by atoms with Crippen LogP contribution in [0.25, 0.3) is 0 Å². The van der Waals surface area contributed by atoms with E-state index < -0.39 is 5.97 Å². The van der Waals surface area contributed by atoms with Crippen molar-refractivity contribution in [3.05, 3.63) is 16.4 Å². The highest BCUT2D eigenvalue weighted by Crippen LogP contribution is 2.22. The predicted molar refractivity (Wildman–Crippen MR) is 64.3 cm³/mol. The SMILES string of the molecule is CCOC(=O)c1nc(NCc2nn[nH]n2)sc1C. The number of aromatic nitrogens is 5. The Hall–Kier alpha value is -2.03. The van der Waals surface area contributed by atoms with Gasteiger partial charge in [-0.3, -0.25) is 0 Å². The summed E-state index contributed by atoms with van der Waals surface area (Å²) in [7, 11) is 0. The van der Waals surface area contributed by atoms with Crippen LogP contribution in [0.1, 0.15) is 28.1 Å². The topological polar surface area (TPSA) is 106 Å². The minimum absolute atomic E-state index is 0.335. The van der Waals surface area contributed by atoms with Crippen LogP contribution in [0.3, 0.4) is 0 Å². The van der Waals surface area contributed by atoms with Gasteiger partial charge in [0.15, 0.2) is 16.6 Å². The molecule has 0 bridgehead atoms. The van der Waals surface area contributed by atoms with Crippen molar-refractivity contribution in [2.75, 3.05) is 11.9 Å². The zero-order chi connectivity index (χ0) is 13.0. The Morgan fingerprint density at radius 3 is 3.06 bits per heavy atom. The molecule has 0 atom stereocenters. The Bertz CT molecular complexity index is 523. The van der Waals surface area contributed by atoms with E-state index in [1.807, 2.05) is 6.92 Å². The monoisotopic (exact) mass is 268 g/mol. The third kappa shape index (κ3) is 2.80. The van der Waals surface area contributed by atoms with Crippen molar-refractivity contribution < 1.29 is 9.53 Å². The second-order valence-electron chi connectivity index (χ2n) is 3.33. The third-order valence-corrected chi connectivity index (χ3v) is 2.98. The number of tetrazole rings is 1. The van der Waals surface area contributed by atoms with Crippen LogP contribution in [0.5, 0.6) is 0 Å². The van der Waals surface area contributed by atoms with Gasteiger partial charge in [0, 0.05) is 4.88 Å². The maximum atomic E-state index is 11.6. The number of ether oxygens (including phenoxy) is 1. The lowest BCUT2D eigenvalue weighted by Crippen LogP contribution is -2.07. The molecule has 0 aliphatic heterocycles. The van der Waals surface area contributed by atoms with Gasteiger partial charge in [0.2, 0.25) is 0 Å². The largest absolute Gasteiger partial charge is 0.461 e. The van der Waals surface area contributed by atoms with Crippen molar-refractivity contribution in [1.82, 2.24) is 25.6 Å². The molecule has 0 saturated heterocycles. The van der Waals surface area contributed by atoms with E-state index in [-0.39, 0.29) is 0 Å². The highest BCUT2D eigenvalue weighted by atomic mass is 32.1. The molecule has 96 valence electrons. The number of nitrogens with zero attached hydrogens (tertiary/aromatic N) is 4. The summed E-state index contributed by atoms with van der Waals surface area (Å²) in [5, 5.41) is 17.0. The molecule has 2 aromatic heterocycles. The van der Waals surface area contributed by atoms with Gasteiger partial charge in [-0.1, -0.05) is 5.21 Å². The van der Waals surface area contributed by atoms with Gasteiger partial charge in [-0.2, -0.15) is 5.21 Å². The minimum Gasteiger partial charge on any atom is -0.461 e. The van der Waals surface area contributed by atoms with E-state index in [9.17, 15) is 4.79 Å². The summed E-state index contributed by atoms with van der Waals surface area (Å²) >= 11 is 1.38. The number of anilines is 1. The smallest absolute Gasteiger partial charge is 0.358 e. The van der Waals surface area contributed by atoms with E-state index in [0.717, 1.165) is 4.88 Å². The molecule has 0 aliphatic carbocycles. The van der Waals surface area contributed by atoms with Gasteiger partial charge in [-0.05, 0) is 13.8 Å². The molecule has 0 aromatic carbocycles. The molecule has 0 aliphatic rings. The average Bonchev–Trinajstić information content (AvgIpc) is 2.96. The lowest BCUT2D eigenvalue weighted by atomic mass is 10.4. The van der Waals surface area contributed by atoms with Crippen LogP contribution >= 0.6 is 11.3 Å². The molecule has 9 heteroatoms. The lowest BCUT2D eigenvalue weighted by molar-refractivity contribution is 0.0519. The maximum absolute atomic E-state index is 11.6. The number of carbonyl (C=O) groups is 1. The van der Waals surface area contributed by atoms with Gasteiger partial charge < -0.3 is 10.1 Å². The van der Waals surface area contributed by atoms with E-state index in [1.54, 1.807) is 6.92 Å². The van der Waals surface area contributed by atoms with E-state index in [1.165, 1.54) is 11.3 Å². The molecule has 0 radical (unpaired) electrons. The number of H-pyrrole nitrogens is 1. The molecule has 2 aromatic rings. The van der Waals surface area contributed by atoms with Crippen LogP contribution in [-0.4, -0.2) is 38.2 Å². The summed E-state index contributed by atoms with van der Waals surface area (Å²) in [4.78, 5) is 16.6. The number of nitrogens with one attached hydrogen (secondary N) is 2. The number of aromatic amines is 1. The van der Waals surface area contributed by atoms with Crippen molar-refractivity contribution >= 4 is 22.4 Å². The normalized spacial score (nSPS) is 10.3. The Morgan fingerprint density at radius 1 is 1.56 bits per heavy atom. The van der Waals surface area contributed by atoms with Gasteiger partial charge >= 0.3 is 5.97 Å². The van der Waals surface area contributed by atoms with E-state index in [2.05, 4.69) is 30.9 Å². The molecule has 0 amide bonds. The summed E-state index contributed by atoms with van der Waals surface area (Å²) in [6.45, 7) is 4.31. The Labute approximate surface area is 107 Å². The second kappa shape index (κ2) is 5.54. The van der Waals surface area contributed by atoms with Gasteiger partial charge in [0.25, 0.3) is 0 Å². The number of esters is 1. The Morgan fingerprint density at radius 2 is 2.39 bits per heavy atom. The summed E-state index contributed by atoms with van der Waals surface area (Å²) in [6.07, 6.45) is 0. The number of hydrogen-bond donors (Lipinski definition) is 2. The first-order valence-corrected chi connectivity index (χ1v) is 6.13. The molecule has 2 N–H and O–H groups in total. The zero-order valence-electron chi connectivity index (χ0n) is 9.93. The van der Waals surface area contributed by atoms with Crippen LogP contribution in [0.15, 0.2) is 0 Å². The van der Waals surface area contributed by atoms with Crippen molar-refractivity contribution in [2.24, 2.45) is 0 Å². The van der Waals surface area contributed by atoms with E-state index in [0.29, 0.717) is 29.8 Å². The molecule has 2 rings (SSSR count). The highest BCUT2D eigenvalue weighted by Gasteiger charge is 2.16. The van der Waals surface area contributed by atoms with Crippen molar-refractivity contribution in [3.8, 4) is 0 Å². The number of thiazole rings is 1. The van der Waals surface area contributed by atoms with Gasteiger partial charge in [-0.25, -0.2) is 9.78 Å². The standard InChI is InChI=1S/C9H12N6O2S/c1-3-17-8(16)7-5(2)18-9(11-7)10-4-6-12-14-15-13-6/h3-4H2,1-2H3,(H,10,11)(H,12,13,14,15). The van der Waals surface area contributed by atoms with E-state index in [4.69, 9.17) is 4.74 Å². The molecule has 0 fully saturated rings. The van der Waals surface area contributed by atoms with Crippen LogP contribution in [0.2, 0.25) is 0 Å². The maximum Gasteiger partial charge on any atom is 0.358 e. The number of hydrogen-bond acceptors (Lipinski definition) is 8. The molecule has 2 heterocycles. The fourth-order valence-corrected chi connectivity index (χ4v) is 2.07. The van der Waals surface area contributed by atoms with Crippen molar-refractivity contribution in [2.45, 2.75) is 20.4 Å². The molecule has 0 unspecified atom stereocenters. The fraction of sp³-hybridized carbons (Fsp3) is 0.444. The Balaban J connectivity index is 2.02. The van der Waals surface area contributed by atoms with Crippen molar-refractivity contribution in [1.29, 1.82) is 0 Å². The quantitative estimate of drug-likeness (QED) is 0.771.